The Kier molecular flexibility index (Phi) is 5.53. The molecule has 0 atom stereocenters. The van der Waals surface area contributed by atoms with Crippen molar-refractivity contribution in [3.8, 4) is 28.3 Å². The third kappa shape index (κ3) is 3.79. The Morgan fingerprint density at radius 2 is 2.07 bits per heavy atom. The lowest BCUT2D eigenvalue weighted by Crippen LogP contribution is -2.28. The van der Waals surface area contributed by atoms with Gasteiger partial charge < -0.3 is 10.1 Å². The van der Waals surface area contributed by atoms with Crippen LogP contribution in [-0.2, 0) is 0 Å². The standard InChI is InChI=1S/C21H18FN5O2S/c1-3-23-20(28)27-21-26-18-17(22)13(12-7-8-16(29-2)25-11-12)10-14(19(18)30-21)15-6-4-5-9-24-15/h4-11H,3H2,1-2H3,(H2,23,26,27,28). The van der Waals surface area contributed by atoms with E-state index < -0.39 is 11.8 Å². The van der Waals surface area contributed by atoms with Crippen molar-refractivity contribution in [2.24, 2.45) is 0 Å². The van der Waals surface area contributed by atoms with Gasteiger partial charge in [-0.05, 0) is 31.2 Å². The minimum Gasteiger partial charge on any atom is -0.481 e. The second-order valence-corrected chi connectivity index (χ2v) is 7.27. The predicted molar refractivity (Wildman–Crippen MR) is 115 cm³/mol. The summed E-state index contributed by atoms with van der Waals surface area (Å²) in [5.74, 6) is -0.0517. The Balaban J connectivity index is 1.90. The zero-order valence-electron chi connectivity index (χ0n) is 16.3. The Morgan fingerprint density at radius 1 is 1.20 bits per heavy atom. The van der Waals surface area contributed by atoms with Crippen molar-refractivity contribution in [3.63, 3.8) is 0 Å². The molecule has 2 amide bonds. The fourth-order valence-electron chi connectivity index (χ4n) is 2.99. The summed E-state index contributed by atoms with van der Waals surface area (Å²) in [6.45, 7) is 2.28. The zero-order valence-corrected chi connectivity index (χ0v) is 17.1. The number of methoxy groups -OCH3 is 1. The van der Waals surface area contributed by atoms with Gasteiger partial charge in [-0.15, -0.1) is 0 Å². The van der Waals surface area contributed by atoms with E-state index in [4.69, 9.17) is 4.74 Å². The van der Waals surface area contributed by atoms with Crippen LogP contribution in [-0.4, -0.2) is 34.6 Å². The van der Waals surface area contributed by atoms with Gasteiger partial charge in [-0.25, -0.2) is 19.2 Å². The fourth-order valence-corrected chi connectivity index (χ4v) is 3.97. The summed E-state index contributed by atoms with van der Waals surface area (Å²) in [6, 6.07) is 10.3. The predicted octanol–water partition coefficient (Wildman–Crippen LogP) is 4.71. The largest absolute Gasteiger partial charge is 0.481 e. The van der Waals surface area contributed by atoms with Crippen LogP contribution in [0.5, 0.6) is 5.88 Å². The van der Waals surface area contributed by atoms with Crippen LogP contribution in [0.25, 0.3) is 32.6 Å². The van der Waals surface area contributed by atoms with E-state index in [-0.39, 0.29) is 5.52 Å². The number of carbonyl (C=O) groups is 1. The first-order valence-corrected chi connectivity index (χ1v) is 10.0. The van der Waals surface area contributed by atoms with Crippen LogP contribution in [0.2, 0.25) is 0 Å². The first-order chi connectivity index (χ1) is 14.6. The average molecular weight is 423 g/mol. The Morgan fingerprint density at radius 3 is 2.73 bits per heavy atom. The van der Waals surface area contributed by atoms with Crippen LogP contribution in [0.15, 0.2) is 48.8 Å². The second kappa shape index (κ2) is 8.42. The number of amides is 2. The first-order valence-electron chi connectivity index (χ1n) is 9.20. The third-order valence-electron chi connectivity index (χ3n) is 4.36. The van der Waals surface area contributed by atoms with E-state index in [2.05, 4.69) is 25.6 Å². The van der Waals surface area contributed by atoms with Crippen molar-refractivity contribution in [2.75, 3.05) is 19.0 Å². The molecule has 0 aliphatic carbocycles. The molecule has 7 nitrogen and oxygen atoms in total. The van der Waals surface area contributed by atoms with E-state index in [1.165, 1.54) is 18.4 Å². The number of urea groups is 1. The number of hydrogen-bond acceptors (Lipinski definition) is 6. The van der Waals surface area contributed by atoms with Gasteiger partial charge in [0.1, 0.15) is 5.52 Å². The van der Waals surface area contributed by atoms with Crippen LogP contribution >= 0.6 is 11.3 Å². The van der Waals surface area contributed by atoms with Gasteiger partial charge in [0.05, 0.1) is 17.5 Å². The molecule has 0 radical (unpaired) electrons. The zero-order chi connectivity index (χ0) is 21.1. The van der Waals surface area contributed by atoms with Crippen molar-refractivity contribution in [1.82, 2.24) is 20.3 Å². The summed E-state index contributed by atoms with van der Waals surface area (Å²) in [6.07, 6.45) is 3.22. The third-order valence-corrected chi connectivity index (χ3v) is 5.36. The maximum Gasteiger partial charge on any atom is 0.321 e. The van der Waals surface area contributed by atoms with Gasteiger partial charge in [0, 0.05) is 41.7 Å². The molecule has 0 unspecified atom stereocenters. The van der Waals surface area contributed by atoms with E-state index in [1.54, 1.807) is 30.6 Å². The first kappa shape index (κ1) is 19.7. The quantitative estimate of drug-likeness (QED) is 0.485. The van der Waals surface area contributed by atoms with Crippen LogP contribution in [0.1, 0.15) is 6.92 Å². The molecule has 0 saturated heterocycles. The van der Waals surface area contributed by atoms with Crippen molar-refractivity contribution >= 4 is 32.7 Å². The van der Waals surface area contributed by atoms with Gasteiger partial charge in [-0.1, -0.05) is 17.4 Å². The van der Waals surface area contributed by atoms with E-state index in [0.29, 0.717) is 39.1 Å². The number of anilines is 1. The van der Waals surface area contributed by atoms with Gasteiger partial charge in [0.2, 0.25) is 5.88 Å². The molecule has 2 N–H and O–H groups in total. The van der Waals surface area contributed by atoms with Gasteiger partial charge in [-0.3, -0.25) is 10.3 Å². The molecular weight excluding hydrogens is 405 g/mol. The second-order valence-electron chi connectivity index (χ2n) is 6.27. The van der Waals surface area contributed by atoms with Gasteiger partial charge in [0.15, 0.2) is 10.9 Å². The molecule has 9 heteroatoms. The Bertz CT molecular complexity index is 1200. The van der Waals surface area contributed by atoms with Crippen LogP contribution in [0, 0.1) is 5.82 Å². The smallest absolute Gasteiger partial charge is 0.321 e. The number of rotatable bonds is 5. The van der Waals surface area contributed by atoms with Crippen molar-refractivity contribution in [2.45, 2.75) is 6.92 Å². The molecule has 0 bridgehead atoms. The molecule has 3 heterocycles. The number of pyridine rings is 2. The number of benzene rings is 1. The summed E-state index contributed by atoms with van der Waals surface area (Å²) in [4.78, 5) is 24.8. The van der Waals surface area contributed by atoms with E-state index in [9.17, 15) is 4.79 Å². The molecule has 0 aliphatic rings. The van der Waals surface area contributed by atoms with Gasteiger partial charge in [-0.2, -0.15) is 0 Å². The number of carbonyl (C=O) groups excluding carboxylic acids is 1. The monoisotopic (exact) mass is 423 g/mol. The summed E-state index contributed by atoms with van der Waals surface area (Å²) < 4.78 is 21.2. The minimum atomic E-state index is -0.489. The summed E-state index contributed by atoms with van der Waals surface area (Å²) >= 11 is 1.20. The highest BCUT2D eigenvalue weighted by molar-refractivity contribution is 7.22. The lowest BCUT2D eigenvalue weighted by Gasteiger charge is -2.09. The Hall–Kier alpha value is -3.59. The highest BCUT2D eigenvalue weighted by atomic mass is 32.1. The maximum absolute atomic E-state index is 15.5. The molecule has 0 spiro atoms. The fraction of sp³-hybridized carbons (Fsp3) is 0.143. The lowest BCUT2D eigenvalue weighted by molar-refractivity contribution is 0.252. The number of aromatic nitrogens is 3. The molecule has 152 valence electrons. The number of nitrogens with one attached hydrogen (secondary N) is 2. The normalized spacial score (nSPS) is 10.8. The molecule has 0 saturated carbocycles. The molecule has 0 aliphatic heterocycles. The van der Waals surface area contributed by atoms with E-state index in [1.807, 2.05) is 25.1 Å². The van der Waals surface area contributed by atoms with E-state index in [0.717, 1.165) is 5.56 Å². The van der Waals surface area contributed by atoms with Crippen LogP contribution in [0.3, 0.4) is 0 Å². The number of ether oxygens (including phenoxy) is 1. The van der Waals surface area contributed by atoms with Gasteiger partial charge in [0.25, 0.3) is 0 Å². The van der Waals surface area contributed by atoms with Crippen molar-refractivity contribution in [3.05, 3.63) is 54.6 Å². The minimum absolute atomic E-state index is 0.167. The maximum atomic E-state index is 15.5. The molecular formula is C21H18FN5O2S. The molecule has 3 aromatic heterocycles. The summed E-state index contributed by atoms with van der Waals surface area (Å²) in [5, 5.41) is 5.59. The number of fused-ring (bicyclic) bond motifs is 1. The summed E-state index contributed by atoms with van der Waals surface area (Å²) in [5.41, 5.74) is 2.49. The highest BCUT2D eigenvalue weighted by Crippen LogP contribution is 2.40. The lowest BCUT2D eigenvalue weighted by atomic mass is 10.0. The van der Waals surface area contributed by atoms with Crippen LogP contribution < -0.4 is 15.4 Å². The Labute approximate surface area is 176 Å². The summed E-state index contributed by atoms with van der Waals surface area (Å²) in [7, 11) is 1.52. The van der Waals surface area contributed by atoms with Crippen molar-refractivity contribution < 1.29 is 13.9 Å². The van der Waals surface area contributed by atoms with E-state index >= 15 is 4.39 Å². The highest BCUT2D eigenvalue weighted by Gasteiger charge is 2.20. The molecule has 0 fully saturated rings. The molecule has 30 heavy (non-hydrogen) atoms. The van der Waals surface area contributed by atoms with Gasteiger partial charge >= 0.3 is 6.03 Å². The number of nitrogens with zero attached hydrogens (tertiary/aromatic N) is 3. The van der Waals surface area contributed by atoms with Crippen molar-refractivity contribution in [1.29, 1.82) is 0 Å². The average Bonchev–Trinajstić information content (AvgIpc) is 3.19. The molecule has 4 rings (SSSR count). The number of hydrogen-bond donors (Lipinski definition) is 2. The number of thiazole rings is 1. The topological polar surface area (TPSA) is 89.0 Å². The number of halogens is 1. The molecule has 1 aromatic carbocycles. The SMILES string of the molecule is CCNC(=O)Nc1nc2c(F)c(-c3ccc(OC)nc3)cc(-c3ccccn3)c2s1. The molecule has 4 aromatic rings. The van der Waals surface area contributed by atoms with Crippen LogP contribution in [0.4, 0.5) is 14.3 Å².